The van der Waals surface area contributed by atoms with Crippen LogP contribution in [0.1, 0.15) is 0 Å². The standard InChI is InChI=1S/C17H18N2O5/c1-21-13-5-3-11(9-15(13)22-2)18-17(20)19-12-4-6-14-16(10-12)24-8-7-23-14/h3-6,9-10H,7-8H2,1-2H3,(H2,18,19,20). The Morgan fingerprint density at radius 2 is 1.50 bits per heavy atom. The molecule has 1 heterocycles. The molecule has 3 rings (SSSR count). The highest BCUT2D eigenvalue weighted by atomic mass is 16.6. The molecule has 0 spiro atoms. The number of urea groups is 1. The monoisotopic (exact) mass is 330 g/mol. The van der Waals surface area contributed by atoms with E-state index in [9.17, 15) is 4.79 Å². The smallest absolute Gasteiger partial charge is 0.323 e. The second-order valence-corrected chi connectivity index (χ2v) is 5.01. The number of benzene rings is 2. The fourth-order valence-corrected chi connectivity index (χ4v) is 2.33. The summed E-state index contributed by atoms with van der Waals surface area (Å²) in [6, 6.07) is 10.00. The molecule has 0 fully saturated rings. The normalized spacial score (nSPS) is 12.2. The predicted molar refractivity (Wildman–Crippen MR) is 89.6 cm³/mol. The minimum Gasteiger partial charge on any atom is -0.493 e. The van der Waals surface area contributed by atoms with Crippen LogP contribution in [0.4, 0.5) is 16.2 Å². The third-order valence-corrected chi connectivity index (χ3v) is 3.44. The number of carbonyl (C=O) groups excluding carboxylic acids is 1. The fraction of sp³-hybridized carbons (Fsp3) is 0.235. The van der Waals surface area contributed by atoms with Gasteiger partial charge in [-0.1, -0.05) is 0 Å². The minimum absolute atomic E-state index is 0.376. The van der Waals surface area contributed by atoms with E-state index in [0.717, 1.165) is 0 Å². The zero-order valence-electron chi connectivity index (χ0n) is 13.4. The molecule has 2 amide bonds. The SMILES string of the molecule is COc1ccc(NC(=O)Nc2ccc3c(c2)OCCO3)cc1OC. The lowest BCUT2D eigenvalue weighted by Gasteiger charge is -2.19. The Morgan fingerprint density at radius 1 is 0.875 bits per heavy atom. The summed E-state index contributed by atoms with van der Waals surface area (Å²) in [5.41, 5.74) is 1.19. The average molecular weight is 330 g/mol. The van der Waals surface area contributed by atoms with Gasteiger partial charge in [0, 0.05) is 23.5 Å². The highest BCUT2D eigenvalue weighted by molar-refractivity contribution is 6.00. The van der Waals surface area contributed by atoms with Crippen molar-refractivity contribution in [3.8, 4) is 23.0 Å². The molecule has 0 aromatic heterocycles. The molecule has 0 saturated carbocycles. The zero-order chi connectivity index (χ0) is 16.9. The molecule has 0 radical (unpaired) electrons. The van der Waals surface area contributed by atoms with Crippen LogP contribution in [-0.2, 0) is 0 Å². The molecule has 7 heteroatoms. The van der Waals surface area contributed by atoms with Crippen LogP contribution in [0.2, 0.25) is 0 Å². The fourth-order valence-electron chi connectivity index (χ4n) is 2.33. The summed E-state index contributed by atoms with van der Waals surface area (Å²) >= 11 is 0. The van der Waals surface area contributed by atoms with E-state index in [0.29, 0.717) is 47.6 Å². The molecule has 0 saturated heterocycles. The van der Waals surface area contributed by atoms with Crippen molar-refractivity contribution in [2.24, 2.45) is 0 Å². The molecule has 1 aliphatic heterocycles. The van der Waals surface area contributed by atoms with Gasteiger partial charge in [0.15, 0.2) is 23.0 Å². The van der Waals surface area contributed by atoms with Gasteiger partial charge >= 0.3 is 6.03 Å². The first-order valence-electron chi connectivity index (χ1n) is 7.39. The summed E-state index contributed by atoms with van der Waals surface area (Å²) in [6.45, 7) is 1.02. The quantitative estimate of drug-likeness (QED) is 0.900. The van der Waals surface area contributed by atoms with Gasteiger partial charge in [0.2, 0.25) is 0 Å². The third-order valence-electron chi connectivity index (χ3n) is 3.44. The summed E-state index contributed by atoms with van der Waals surface area (Å²) < 4.78 is 21.3. The van der Waals surface area contributed by atoms with Crippen LogP contribution in [-0.4, -0.2) is 33.5 Å². The van der Waals surface area contributed by atoms with E-state index < -0.39 is 0 Å². The number of ether oxygens (including phenoxy) is 4. The number of hydrogen-bond donors (Lipinski definition) is 2. The van der Waals surface area contributed by atoms with Gasteiger partial charge in [0.1, 0.15) is 13.2 Å². The molecule has 0 bridgehead atoms. The molecule has 2 N–H and O–H groups in total. The molecular weight excluding hydrogens is 312 g/mol. The number of rotatable bonds is 4. The lowest BCUT2D eigenvalue weighted by molar-refractivity contribution is 0.171. The van der Waals surface area contributed by atoms with Crippen molar-refractivity contribution in [1.82, 2.24) is 0 Å². The highest BCUT2D eigenvalue weighted by Crippen LogP contribution is 2.33. The summed E-state index contributed by atoms with van der Waals surface area (Å²) in [4.78, 5) is 12.1. The number of amides is 2. The van der Waals surface area contributed by atoms with Crippen molar-refractivity contribution < 1.29 is 23.7 Å². The molecule has 2 aromatic carbocycles. The van der Waals surface area contributed by atoms with Crippen LogP contribution in [0.15, 0.2) is 36.4 Å². The van der Waals surface area contributed by atoms with Crippen molar-refractivity contribution in [3.63, 3.8) is 0 Å². The van der Waals surface area contributed by atoms with Crippen LogP contribution in [0.3, 0.4) is 0 Å². The van der Waals surface area contributed by atoms with Crippen molar-refractivity contribution >= 4 is 17.4 Å². The number of methoxy groups -OCH3 is 2. The van der Waals surface area contributed by atoms with E-state index in [1.807, 2.05) is 0 Å². The van der Waals surface area contributed by atoms with Crippen LogP contribution < -0.4 is 29.6 Å². The lowest BCUT2D eigenvalue weighted by atomic mass is 10.2. The lowest BCUT2D eigenvalue weighted by Crippen LogP contribution is -2.20. The van der Waals surface area contributed by atoms with Gasteiger partial charge in [-0.3, -0.25) is 0 Å². The van der Waals surface area contributed by atoms with Gasteiger partial charge in [-0.05, 0) is 24.3 Å². The molecular formula is C17H18N2O5. The molecule has 7 nitrogen and oxygen atoms in total. The Morgan fingerprint density at radius 3 is 2.21 bits per heavy atom. The Bertz CT molecular complexity index is 704. The first-order chi connectivity index (χ1) is 11.7. The zero-order valence-corrected chi connectivity index (χ0v) is 13.4. The Balaban J connectivity index is 1.67. The van der Waals surface area contributed by atoms with Crippen molar-refractivity contribution in [3.05, 3.63) is 36.4 Å². The first kappa shape index (κ1) is 15.8. The van der Waals surface area contributed by atoms with Gasteiger partial charge in [-0.25, -0.2) is 4.79 Å². The van der Waals surface area contributed by atoms with Crippen LogP contribution >= 0.6 is 0 Å². The Labute approximate surface area is 139 Å². The predicted octanol–water partition coefficient (Wildman–Crippen LogP) is 3.12. The minimum atomic E-state index is -0.376. The van der Waals surface area contributed by atoms with E-state index in [2.05, 4.69) is 10.6 Å². The molecule has 0 unspecified atom stereocenters. The first-order valence-corrected chi connectivity index (χ1v) is 7.39. The second-order valence-electron chi connectivity index (χ2n) is 5.01. The third kappa shape index (κ3) is 3.45. The molecule has 2 aromatic rings. The second kappa shape index (κ2) is 6.99. The maximum Gasteiger partial charge on any atom is 0.323 e. The summed E-state index contributed by atoms with van der Waals surface area (Å²) in [7, 11) is 3.09. The van der Waals surface area contributed by atoms with Gasteiger partial charge < -0.3 is 29.6 Å². The summed E-state index contributed by atoms with van der Waals surface area (Å²) in [6.07, 6.45) is 0. The topological polar surface area (TPSA) is 78.1 Å². The molecule has 0 atom stereocenters. The summed E-state index contributed by atoms with van der Waals surface area (Å²) in [5.74, 6) is 2.42. The van der Waals surface area contributed by atoms with Crippen molar-refractivity contribution in [1.29, 1.82) is 0 Å². The highest BCUT2D eigenvalue weighted by Gasteiger charge is 2.13. The molecule has 24 heavy (non-hydrogen) atoms. The van der Waals surface area contributed by atoms with Crippen molar-refractivity contribution in [2.45, 2.75) is 0 Å². The largest absolute Gasteiger partial charge is 0.493 e. The number of hydrogen-bond acceptors (Lipinski definition) is 5. The van der Waals surface area contributed by atoms with E-state index >= 15 is 0 Å². The maximum absolute atomic E-state index is 12.1. The van der Waals surface area contributed by atoms with E-state index in [1.54, 1.807) is 43.5 Å². The Kier molecular flexibility index (Phi) is 4.60. The van der Waals surface area contributed by atoms with Crippen LogP contribution in [0, 0.1) is 0 Å². The number of carbonyl (C=O) groups is 1. The van der Waals surface area contributed by atoms with Crippen LogP contribution in [0.5, 0.6) is 23.0 Å². The molecule has 126 valence electrons. The van der Waals surface area contributed by atoms with E-state index in [-0.39, 0.29) is 6.03 Å². The summed E-state index contributed by atoms with van der Waals surface area (Å²) in [5, 5.41) is 5.49. The van der Waals surface area contributed by atoms with Gasteiger partial charge in [0.05, 0.1) is 14.2 Å². The van der Waals surface area contributed by atoms with Gasteiger partial charge in [-0.15, -0.1) is 0 Å². The van der Waals surface area contributed by atoms with Gasteiger partial charge in [0.25, 0.3) is 0 Å². The number of anilines is 2. The number of nitrogens with one attached hydrogen (secondary N) is 2. The van der Waals surface area contributed by atoms with E-state index in [1.165, 1.54) is 7.11 Å². The average Bonchev–Trinajstić information content (AvgIpc) is 2.61. The van der Waals surface area contributed by atoms with E-state index in [4.69, 9.17) is 18.9 Å². The maximum atomic E-state index is 12.1. The number of fused-ring (bicyclic) bond motifs is 1. The molecule has 1 aliphatic rings. The Hall–Kier alpha value is -3.09. The van der Waals surface area contributed by atoms with Crippen LogP contribution in [0.25, 0.3) is 0 Å². The van der Waals surface area contributed by atoms with Gasteiger partial charge in [-0.2, -0.15) is 0 Å². The van der Waals surface area contributed by atoms with Crippen molar-refractivity contribution in [2.75, 3.05) is 38.1 Å². The molecule has 0 aliphatic carbocycles.